The van der Waals surface area contributed by atoms with Gasteiger partial charge in [-0.2, -0.15) is 0 Å². The van der Waals surface area contributed by atoms with Gasteiger partial charge in [-0.05, 0) is 12.5 Å². The van der Waals surface area contributed by atoms with E-state index in [0.717, 1.165) is 11.1 Å². The molecule has 2 unspecified atom stereocenters. The number of nitrogens with one attached hydrogen (secondary N) is 1. The summed E-state index contributed by atoms with van der Waals surface area (Å²) in [6.45, 7) is 3.88. The average Bonchev–Trinajstić information content (AvgIpc) is 2.23. The Kier molecular flexibility index (Phi) is 2.77. The highest BCUT2D eigenvalue weighted by Gasteiger charge is 2.33. The lowest BCUT2D eigenvalue weighted by atomic mass is 9.81. The molecule has 84 valence electrons. The largest absolute Gasteiger partial charge is 0.296 e. The molecule has 0 spiro atoms. The summed E-state index contributed by atoms with van der Waals surface area (Å²) in [5, 5.41) is 2.37. The molecule has 1 aromatic carbocycles. The van der Waals surface area contributed by atoms with Crippen molar-refractivity contribution in [3.05, 3.63) is 35.4 Å². The maximum atomic E-state index is 11.5. The number of amides is 2. The third kappa shape index (κ3) is 1.98. The van der Waals surface area contributed by atoms with E-state index in [1.165, 1.54) is 0 Å². The first kappa shape index (κ1) is 10.9. The number of hydrogen-bond acceptors (Lipinski definition) is 2. The van der Waals surface area contributed by atoms with Crippen LogP contribution in [-0.4, -0.2) is 11.8 Å². The quantitative estimate of drug-likeness (QED) is 0.728. The number of hydrogen-bond donors (Lipinski definition) is 1. The van der Waals surface area contributed by atoms with Gasteiger partial charge in [0.2, 0.25) is 11.8 Å². The van der Waals surface area contributed by atoms with Gasteiger partial charge in [0.25, 0.3) is 0 Å². The molecule has 0 radical (unpaired) electrons. The summed E-state index contributed by atoms with van der Waals surface area (Å²) in [5.74, 6) is -0.460. The first-order valence-corrected chi connectivity index (χ1v) is 5.48. The maximum Gasteiger partial charge on any atom is 0.230 e. The van der Waals surface area contributed by atoms with E-state index in [1.807, 2.05) is 38.1 Å². The Hall–Kier alpha value is -1.64. The van der Waals surface area contributed by atoms with Crippen molar-refractivity contribution < 1.29 is 9.59 Å². The van der Waals surface area contributed by atoms with Gasteiger partial charge in [0, 0.05) is 18.3 Å². The minimum Gasteiger partial charge on any atom is -0.296 e. The van der Waals surface area contributed by atoms with Crippen molar-refractivity contribution in [2.75, 3.05) is 0 Å². The Bertz CT molecular complexity index is 439. The fourth-order valence-corrected chi connectivity index (χ4v) is 2.17. The zero-order valence-corrected chi connectivity index (χ0v) is 9.49. The molecule has 3 nitrogen and oxygen atoms in total. The van der Waals surface area contributed by atoms with Gasteiger partial charge in [-0.1, -0.05) is 36.8 Å². The normalized spacial score (nSPS) is 25.4. The molecule has 2 amide bonds. The Labute approximate surface area is 94.9 Å². The van der Waals surface area contributed by atoms with Crippen molar-refractivity contribution in [3.8, 4) is 0 Å². The molecule has 0 aliphatic carbocycles. The van der Waals surface area contributed by atoms with E-state index in [4.69, 9.17) is 0 Å². The van der Waals surface area contributed by atoms with Crippen LogP contribution in [0.5, 0.6) is 0 Å². The second kappa shape index (κ2) is 4.08. The Morgan fingerprint density at radius 2 is 2.06 bits per heavy atom. The molecule has 3 heteroatoms. The van der Waals surface area contributed by atoms with Crippen molar-refractivity contribution in [1.82, 2.24) is 5.32 Å². The second-order valence-electron chi connectivity index (χ2n) is 4.43. The molecule has 0 saturated carbocycles. The van der Waals surface area contributed by atoms with Crippen molar-refractivity contribution in [2.45, 2.75) is 26.2 Å². The molecule has 0 bridgehead atoms. The maximum absolute atomic E-state index is 11.5. The summed E-state index contributed by atoms with van der Waals surface area (Å²) < 4.78 is 0. The lowest BCUT2D eigenvalue weighted by Crippen LogP contribution is -2.43. The van der Waals surface area contributed by atoms with Crippen LogP contribution >= 0.6 is 0 Å². The lowest BCUT2D eigenvalue weighted by molar-refractivity contribution is -0.136. The monoisotopic (exact) mass is 217 g/mol. The van der Waals surface area contributed by atoms with Crippen LogP contribution in [0.4, 0.5) is 0 Å². The first-order valence-electron chi connectivity index (χ1n) is 5.48. The van der Waals surface area contributed by atoms with E-state index in [9.17, 15) is 9.59 Å². The van der Waals surface area contributed by atoms with Crippen molar-refractivity contribution in [1.29, 1.82) is 0 Å². The van der Waals surface area contributed by atoms with Gasteiger partial charge in [0.1, 0.15) is 0 Å². The van der Waals surface area contributed by atoms with Crippen LogP contribution in [0.2, 0.25) is 0 Å². The predicted octanol–water partition coefficient (Wildman–Crippen LogP) is 1.76. The summed E-state index contributed by atoms with van der Waals surface area (Å²) in [5.41, 5.74) is 2.24. The number of benzene rings is 1. The molecule has 1 aromatic rings. The number of imide groups is 1. The Morgan fingerprint density at radius 1 is 1.31 bits per heavy atom. The first-order chi connectivity index (χ1) is 7.58. The molecule has 1 heterocycles. The molecule has 16 heavy (non-hydrogen) atoms. The van der Waals surface area contributed by atoms with Gasteiger partial charge >= 0.3 is 0 Å². The van der Waals surface area contributed by atoms with Crippen LogP contribution < -0.4 is 5.32 Å². The second-order valence-corrected chi connectivity index (χ2v) is 4.43. The average molecular weight is 217 g/mol. The fourth-order valence-electron chi connectivity index (χ4n) is 2.17. The van der Waals surface area contributed by atoms with Crippen LogP contribution in [0.1, 0.15) is 30.4 Å². The van der Waals surface area contributed by atoms with Crippen molar-refractivity contribution >= 4 is 11.8 Å². The lowest BCUT2D eigenvalue weighted by Gasteiger charge is -2.27. The smallest absolute Gasteiger partial charge is 0.230 e. The highest BCUT2D eigenvalue weighted by molar-refractivity contribution is 5.99. The topological polar surface area (TPSA) is 46.2 Å². The van der Waals surface area contributed by atoms with E-state index in [1.54, 1.807) is 0 Å². The zero-order valence-electron chi connectivity index (χ0n) is 9.49. The van der Waals surface area contributed by atoms with Crippen LogP contribution in [0.15, 0.2) is 24.3 Å². The summed E-state index contributed by atoms with van der Waals surface area (Å²) in [6, 6.07) is 8.01. The van der Waals surface area contributed by atoms with E-state index < -0.39 is 0 Å². The number of carbonyl (C=O) groups excluding carboxylic acids is 2. The molecule has 2 atom stereocenters. The summed E-state index contributed by atoms with van der Waals surface area (Å²) >= 11 is 0. The van der Waals surface area contributed by atoms with E-state index in [-0.39, 0.29) is 23.7 Å². The van der Waals surface area contributed by atoms with E-state index >= 15 is 0 Å². The van der Waals surface area contributed by atoms with Crippen molar-refractivity contribution in [2.24, 2.45) is 5.92 Å². The third-order valence-electron chi connectivity index (χ3n) is 3.16. The van der Waals surface area contributed by atoms with E-state index in [0.29, 0.717) is 6.42 Å². The number of carbonyl (C=O) groups is 2. The van der Waals surface area contributed by atoms with Gasteiger partial charge in [-0.3, -0.25) is 14.9 Å². The molecule has 1 saturated heterocycles. The van der Waals surface area contributed by atoms with Crippen LogP contribution in [-0.2, 0) is 9.59 Å². The molecule has 0 aromatic heterocycles. The summed E-state index contributed by atoms with van der Waals surface area (Å²) in [6.07, 6.45) is 0.399. The van der Waals surface area contributed by atoms with Crippen LogP contribution in [0, 0.1) is 12.8 Å². The molecule has 1 aliphatic rings. The van der Waals surface area contributed by atoms with E-state index in [2.05, 4.69) is 5.32 Å². The molecule has 1 aliphatic heterocycles. The van der Waals surface area contributed by atoms with Gasteiger partial charge in [0.05, 0.1) is 0 Å². The fraction of sp³-hybridized carbons (Fsp3) is 0.385. The number of piperidine rings is 1. The molecule has 2 rings (SSSR count). The van der Waals surface area contributed by atoms with Gasteiger partial charge in [-0.15, -0.1) is 0 Å². The SMILES string of the molecule is Cc1cccc(C2CC(=O)NC(=O)C2C)c1. The number of rotatable bonds is 1. The Morgan fingerprint density at radius 3 is 2.75 bits per heavy atom. The molecular weight excluding hydrogens is 202 g/mol. The van der Waals surface area contributed by atoms with Crippen LogP contribution in [0.25, 0.3) is 0 Å². The molecule has 1 fully saturated rings. The highest BCUT2D eigenvalue weighted by atomic mass is 16.2. The minimum atomic E-state index is -0.172. The minimum absolute atomic E-state index is 0.0150. The van der Waals surface area contributed by atoms with Crippen LogP contribution in [0.3, 0.4) is 0 Å². The third-order valence-corrected chi connectivity index (χ3v) is 3.16. The van der Waals surface area contributed by atoms with Gasteiger partial charge < -0.3 is 0 Å². The molecular formula is C13H15NO2. The summed E-state index contributed by atoms with van der Waals surface area (Å²) in [4.78, 5) is 22.9. The van der Waals surface area contributed by atoms with Gasteiger partial charge in [-0.25, -0.2) is 0 Å². The summed E-state index contributed by atoms with van der Waals surface area (Å²) in [7, 11) is 0. The molecule has 1 N–H and O–H groups in total. The number of aryl methyl sites for hydroxylation is 1. The predicted molar refractivity (Wildman–Crippen MR) is 60.9 cm³/mol. The van der Waals surface area contributed by atoms with Gasteiger partial charge in [0.15, 0.2) is 0 Å². The van der Waals surface area contributed by atoms with Crippen molar-refractivity contribution in [3.63, 3.8) is 0 Å². The zero-order chi connectivity index (χ0) is 11.7. The Balaban J connectivity index is 2.32. The standard InChI is InChI=1S/C13H15NO2/c1-8-4-3-5-10(6-8)11-7-12(15)14-13(16)9(11)2/h3-6,9,11H,7H2,1-2H3,(H,14,15,16). The highest BCUT2D eigenvalue weighted by Crippen LogP contribution is 2.31.